The lowest BCUT2D eigenvalue weighted by Gasteiger charge is -2.22. The Morgan fingerprint density at radius 1 is 1.18 bits per heavy atom. The Bertz CT molecular complexity index is 854. The van der Waals surface area contributed by atoms with E-state index in [-0.39, 0.29) is 17.7 Å². The Morgan fingerprint density at radius 2 is 1.82 bits per heavy atom. The molecule has 0 radical (unpaired) electrons. The van der Waals surface area contributed by atoms with Gasteiger partial charge in [-0.2, -0.15) is 0 Å². The normalized spacial score (nSPS) is 15.1. The molecule has 1 atom stereocenters. The fraction of sp³-hybridized carbons (Fsp3) is 0.450. The molecule has 0 spiro atoms. The van der Waals surface area contributed by atoms with Crippen LogP contribution in [0.4, 0.5) is 5.13 Å². The molecular weight excluding hydrogens is 378 g/mol. The number of thiazole rings is 1. The maximum Gasteiger partial charge on any atom is 0.257 e. The summed E-state index contributed by atoms with van der Waals surface area (Å²) in [5, 5.41) is 3.35. The number of hydrogen-bond acceptors (Lipinski definition) is 6. The third-order valence-corrected chi connectivity index (χ3v) is 5.97. The van der Waals surface area contributed by atoms with Crippen LogP contribution in [0.1, 0.15) is 47.1 Å². The van der Waals surface area contributed by atoms with Gasteiger partial charge in [-0.15, -0.1) is 11.3 Å². The number of aryl methyl sites for hydroxylation is 1. The number of benzene rings is 1. The lowest BCUT2D eigenvalue weighted by molar-refractivity contribution is -0.132. The third kappa shape index (κ3) is 3.96. The summed E-state index contributed by atoms with van der Waals surface area (Å²) in [7, 11) is 3.07. The van der Waals surface area contributed by atoms with Crippen LogP contribution < -0.4 is 14.8 Å². The molecule has 0 fully saturated rings. The van der Waals surface area contributed by atoms with Crippen LogP contribution in [0.3, 0.4) is 0 Å². The van der Waals surface area contributed by atoms with E-state index in [0.717, 1.165) is 23.4 Å². The van der Waals surface area contributed by atoms with Gasteiger partial charge in [0.2, 0.25) is 5.91 Å². The van der Waals surface area contributed by atoms with Crippen molar-refractivity contribution in [2.24, 2.45) is 0 Å². The Kier molecular flexibility index (Phi) is 6.18. The number of carbonyl (C=O) groups is 2. The number of nitrogens with zero attached hydrogens (tertiary/aromatic N) is 2. The highest BCUT2D eigenvalue weighted by Gasteiger charge is 2.34. The molecular formula is C20H25N3O4S. The van der Waals surface area contributed by atoms with E-state index in [1.807, 2.05) is 18.7 Å². The summed E-state index contributed by atoms with van der Waals surface area (Å²) in [6.07, 6.45) is 1.60. The number of fused-ring (bicyclic) bond motifs is 1. The standard InChI is InChI=1S/C20H25N3O4S/c1-5-23(6-2)19(25)15-7-8-16-17(15)21-20(28-16)22-18(24)12-9-13(26-3)11-14(10-12)27-4/h9-11,15H,5-8H2,1-4H3,(H,21,22,24). The Labute approximate surface area is 168 Å². The molecule has 28 heavy (non-hydrogen) atoms. The predicted octanol–water partition coefficient (Wildman–Crippen LogP) is 3.31. The van der Waals surface area contributed by atoms with Crippen molar-refractivity contribution >= 4 is 28.3 Å². The Morgan fingerprint density at radius 3 is 2.39 bits per heavy atom. The minimum atomic E-state index is -0.295. The van der Waals surface area contributed by atoms with Gasteiger partial charge in [-0.25, -0.2) is 4.98 Å². The minimum Gasteiger partial charge on any atom is -0.497 e. The van der Waals surface area contributed by atoms with E-state index in [2.05, 4.69) is 10.3 Å². The monoisotopic (exact) mass is 403 g/mol. The van der Waals surface area contributed by atoms with E-state index in [1.54, 1.807) is 18.2 Å². The average molecular weight is 404 g/mol. The van der Waals surface area contributed by atoms with Gasteiger partial charge in [0.1, 0.15) is 11.5 Å². The van der Waals surface area contributed by atoms with Crippen LogP contribution in [0.5, 0.6) is 11.5 Å². The van der Waals surface area contributed by atoms with Crippen molar-refractivity contribution in [3.05, 3.63) is 34.3 Å². The number of rotatable bonds is 7. The number of amides is 2. The van der Waals surface area contributed by atoms with E-state index in [1.165, 1.54) is 25.6 Å². The number of methoxy groups -OCH3 is 2. The summed E-state index contributed by atoms with van der Waals surface area (Å²) in [4.78, 5) is 32.9. The van der Waals surface area contributed by atoms with Crippen LogP contribution in [0, 0.1) is 0 Å². The first-order valence-corrected chi connectivity index (χ1v) is 10.1. The van der Waals surface area contributed by atoms with Crippen molar-refractivity contribution in [3.8, 4) is 11.5 Å². The fourth-order valence-corrected chi connectivity index (χ4v) is 4.42. The van der Waals surface area contributed by atoms with E-state index in [0.29, 0.717) is 35.3 Å². The summed E-state index contributed by atoms with van der Waals surface area (Å²) >= 11 is 1.44. The first kappa shape index (κ1) is 20.1. The van der Waals surface area contributed by atoms with E-state index >= 15 is 0 Å². The van der Waals surface area contributed by atoms with E-state index in [9.17, 15) is 9.59 Å². The van der Waals surface area contributed by atoms with Crippen molar-refractivity contribution in [2.45, 2.75) is 32.6 Å². The van der Waals surface area contributed by atoms with Crippen LogP contribution in [0.2, 0.25) is 0 Å². The van der Waals surface area contributed by atoms with Gasteiger partial charge in [-0.1, -0.05) is 0 Å². The second-order valence-electron chi connectivity index (χ2n) is 6.48. The Hall–Kier alpha value is -2.61. The van der Waals surface area contributed by atoms with Gasteiger partial charge in [0.25, 0.3) is 5.91 Å². The summed E-state index contributed by atoms with van der Waals surface area (Å²) in [6, 6.07) is 5.00. The van der Waals surface area contributed by atoms with Gasteiger partial charge in [-0.3, -0.25) is 14.9 Å². The van der Waals surface area contributed by atoms with Crippen molar-refractivity contribution in [2.75, 3.05) is 32.6 Å². The lowest BCUT2D eigenvalue weighted by atomic mass is 10.1. The average Bonchev–Trinajstić information content (AvgIpc) is 3.28. The number of hydrogen-bond donors (Lipinski definition) is 1. The quantitative estimate of drug-likeness (QED) is 0.767. The number of carbonyl (C=O) groups excluding carboxylic acids is 2. The number of nitrogens with one attached hydrogen (secondary N) is 1. The molecule has 7 nitrogen and oxygen atoms in total. The maximum atomic E-state index is 12.7. The van der Waals surface area contributed by atoms with Gasteiger partial charge in [0.05, 0.1) is 25.8 Å². The highest BCUT2D eigenvalue weighted by molar-refractivity contribution is 7.16. The second kappa shape index (κ2) is 8.60. The summed E-state index contributed by atoms with van der Waals surface area (Å²) < 4.78 is 10.4. The van der Waals surface area contributed by atoms with Gasteiger partial charge < -0.3 is 14.4 Å². The molecule has 1 unspecified atom stereocenters. The molecule has 2 aromatic rings. The molecule has 1 heterocycles. The predicted molar refractivity (Wildman–Crippen MR) is 109 cm³/mol. The maximum absolute atomic E-state index is 12.7. The molecule has 1 aliphatic rings. The largest absolute Gasteiger partial charge is 0.497 e. The van der Waals surface area contributed by atoms with Gasteiger partial charge in [-0.05, 0) is 38.8 Å². The molecule has 1 aromatic heterocycles. The van der Waals surface area contributed by atoms with E-state index < -0.39 is 0 Å². The molecule has 3 rings (SSSR count). The number of likely N-dealkylation sites (N-methyl/N-ethyl adjacent to an activating group) is 1. The topological polar surface area (TPSA) is 80.8 Å². The summed E-state index contributed by atoms with van der Waals surface area (Å²) in [5.74, 6) is 0.682. The molecule has 1 N–H and O–H groups in total. The Balaban J connectivity index is 1.78. The molecule has 1 aromatic carbocycles. The second-order valence-corrected chi connectivity index (χ2v) is 7.57. The van der Waals surface area contributed by atoms with Crippen LogP contribution in [0.25, 0.3) is 0 Å². The van der Waals surface area contributed by atoms with Crippen LogP contribution in [0.15, 0.2) is 18.2 Å². The molecule has 1 aliphatic carbocycles. The van der Waals surface area contributed by atoms with Crippen LogP contribution >= 0.6 is 11.3 Å². The molecule has 0 bridgehead atoms. The molecule has 0 saturated heterocycles. The van der Waals surface area contributed by atoms with Crippen molar-refractivity contribution in [1.82, 2.24) is 9.88 Å². The van der Waals surface area contributed by atoms with Gasteiger partial charge in [0, 0.05) is 29.6 Å². The SMILES string of the molecule is CCN(CC)C(=O)C1CCc2sc(NC(=O)c3cc(OC)cc(OC)c3)nc21. The summed E-state index contributed by atoms with van der Waals surface area (Å²) in [5.41, 5.74) is 1.22. The number of aromatic nitrogens is 1. The molecule has 2 amide bonds. The smallest absolute Gasteiger partial charge is 0.257 e. The van der Waals surface area contributed by atoms with Crippen LogP contribution in [-0.2, 0) is 11.2 Å². The number of ether oxygens (including phenoxy) is 2. The lowest BCUT2D eigenvalue weighted by Crippen LogP contribution is -2.34. The zero-order valence-corrected chi connectivity index (χ0v) is 17.4. The first-order chi connectivity index (χ1) is 13.5. The number of anilines is 1. The van der Waals surface area contributed by atoms with E-state index in [4.69, 9.17) is 9.47 Å². The zero-order valence-electron chi connectivity index (χ0n) is 16.6. The van der Waals surface area contributed by atoms with Crippen LogP contribution in [-0.4, -0.2) is 49.0 Å². The zero-order chi connectivity index (χ0) is 20.3. The van der Waals surface area contributed by atoms with Crippen molar-refractivity contribution in [1.29, 1.82) is 0 Å². The molecule has 0 aliphatic heterocycles. The highest BCUT2D eigenvalue weighted by Crippen LogP contribution is 2.39. The van der Waals surface area contributed by atoms with Gasteiger partial charge in [0.15, 0.2) is 5.13 Å². The van der Waals surface area contributed by atoms with Crippen molar-refractivity contribution in [3.63, 3.8) is 0 Å². The molecule has 0 saturated carbocycles. The fourth-order valence-electron chi connectivity index (χ4n) is 3.38. The third-order valence-electron chi connectivity index (χ3n) is 4.93. The molecule has 8 heteroatoms. The van der Waals surface area contributed by atoms with Crippen molar-refractivity contribution < 1.29 is 19.1 Å². The highest BCUT2D eigenvalue weighted by atomic mass is 32.1. The van der Waals surface area contributed by atoms with Gasteiger partial charge >= 0.3 is 0 Å². The molecule has 150 valence electrons. The minimum absolute atomic E-state index is 0.115. The summed E-state index contributed by atoms with van der Waals surface area (Å²) in [6.45, 7) is 5.33. The first-order valence-electron chi connectivity index (χ1n) is 9.33.